The second-order valence-corrected chi connectivity index (χ2v) is 4.47. The molecule has 17 heavy (non-hydrogen) atoms. The second kappa shape index (κ2) is 4.57. The van der Waals surface area contributed by atoms with E-state index in [0.29, 0.717) is 11.5 Å². The molecular weight excluding hydrogens is 216 g/mol. The lowest BCUT2D eigenvalue weighted by Gasteiger charge is -2.05. The van der Waals surface area contributed by atoms with Gasteiger partial charge in [0.15, 0.2) is 0 Å². The predicted molar refractivity (Wildman–Crippen MR) is 65.7 cm³/mol. The maximum Gasteiger partial charge on any atom is 0.251 e. The van der Waals surface area contributed by atoms with E-state index in [-0.39, 0.29) is 17.7 Å². The SMILES string of the molecule is CNC(=O)c1ccc(NC(=O)[C@@H]2C[C@@H]2C)cc1. The highest BCUT2D eigenvalue weighted by atomic mass is 16.2. The molecule has 0 bridgehead atoms. The zero-order valence-corrected chi connectivity index (χ0v) is 9.99. The third-order valence-corrected chi connectivity index (χ3v) is 3.09. The lowest BCUT2D eigenvalue weighted by Crippen LogP contribution is -2.18. The number of rotatable bonds is 3. The van der Waals surface area contributed by atoms with Gasteiger partial charge < -0.3 is 10.6 Å². The van der Waals surface area contributed by atoms with Crippen LogP contribution in [0.1, 0.15) is 23.7 Å². The molecule has 2 atom stereocenters. The minimum Gasteiger partial charge on any atom is -0.355 e. The van der Waals surface area contributed by atoms with Gasteiger partial charge in [-0.25, -0.2) is 0 Å². The van der Waals surface area contributed by atoms with Crippen LogP contribution in [-0.2, 0) is 4.79 Å². The molecule has 0 aromatic heterocycles. The quantitative estimate of drug-likeness (QED) is 0.832. The van der Waals surface area contributed by atoms with E-state index in [0.717, 1.165) is 12.1 Å². The van der Waals surface area contributed by atoms with Crippen molar-refractivity contribution in [3.63, 3.8) is 0 Å². The summed E-state index contributed by atoms with van der Waals surface area (Å²) in [6, 6.07) is 6.89. The minimum atomic E-state index is -0.126. The Morgan fingerprint density at radius 2 is 1.82 bits per heavy atom. The zero-order chi connectivity index (χ0) is 12.4. The Kier molecular flexibility index (Phi) is 3.13. The van der Waals surface area contributed by atoms with Crippen molar-refractivity contribution in [2.75, 3.05) is 12.4 Å². The van der Waals surface area contributed by atoms with Crippen LogP contribution in [0.25, 0.3) is 0 Å². The smallest absolute Gasteiger partial charge is 0.251 e. The van der Waals surface area contributed by atoms with Crippen molar-refractivity contribution in [1.29, 1.82) is 0 Å². The Morgan fingerprint density at radius 1 is 1.24 bits per heavy atom. The highest BCUT2D eigenvalue weighted by Gasteiger charge is 2.38. The van der Waals surface area contributed by atoms with Crippen molar-refractivity contribution in [2.24, 2.45) is 11.8 Å². The fourth-order valence-electron chi connectivity index (χ4n) is 1.77. The number of hydrogen-bond donors (Lipinski definition) is 2. The molecule has 1 aromatic carbocycles. The molecule has 1 fully saturated rings. The van der Waals surface area contributed by atoms with Crippen LogP contribution < -0.4 is 10.6 Å². The van der Waals surface area contributed by atoms with Crippen LogP contribution in [0, 0.1) is 11.8 Å². The molecule has 1 aliphatic carbocycles. The average molecular weight is 232 g/mol. The lowest BCUT2D eigenvalue weighted by molar-refractivity contribution is -0.117. The number of benzene rings is 1. The molecule has 0 radical (unpaired) electrons. The van der Waals surface area contributed by atoms with Crippen LogP contribution in [0.15, 0.2) is 24.3 Å². The van der Waals surface area contributed by atoms with Crippen molar-refractivity contribution in [1.82, 2.24) is 5.32 Å². The molecule has 2 amide bonds. The maximum absolute atomic E-state index is 11.7. The molecule has 0 unspecified atom stereocenters. The van der Waals surface area contributed by atoms with Gasteiger partial charge in [0.2, 0.25) is 5.91 Å². The normalized spacial score (nSPS) is 21.8. The van der Waals surface area contributed by atoms with Gasteiger partial charge in [-0.1, -0.05) is 6.92 Å². The highest BCUT2D eigenvalue weighted by molar-refractivity contribution is 5.96. The first-order valence-corrected chi connectivity index (χ1v) is 5.75. The Morgan fingerprint density at radius 3 is 2.29 bits per heavy atom. The van der Waals surface area contributed by atoms with E-state index >= 15 is 0 Å². The molecule has 1 saturated carbocycles. The summed E-state index contributed by atoms with van der Waals surface area (Å²) in [6.45, 7) is 2.07. The van der Waals surface area contributed by atoms with Gasteiger partial charge in [-0.05, 0) is 36.6 Å². The van der Waals surface area contributed by atoms with E-state index in [9.17, 15) is 9.59 Å². The van der Waals surface area contributed by atoms with E-state index in [1.165, 1.54) is 0 Å². The van der Waals surface area contributed by atoms with E-state index in [1.807, 2.05) is 0 Å². The Bertz CT molecular complexity index is 439. The topological polar surface area (TPSA) is 58.2 Å². The first-order chi connectivity index (χ1) is 8.11. The third-order valence-electron chi connectivity index (χ3n) is 3.09. The van der Waals surface area contributed by atoms with E-state index in [4.69, 9.17) is 0 Å². The van der Waals surface area contributed by atoms with Gasteiger partial charge in [-0.15, -0.1) is 0 Å². The molecule has 4 heteroatoms. The summed E-state index contributed by atoms with van der Waals surface area (Å²) in [5.74, 6) is 0.609. The monoisotopic (exact) mass is 232 g/mol. The van der Waals surface area contributed by atoms with Crippen molar-refractivity contribution in [2.45, 2.75) is 13.3 Å². The second-order valence-electron chi connectivity index (χ2n) is 4.47. The van der Waals surface area contributed by atoms with Crippen molar-refractivity contribution in [3.05, 3.63) is 29.8 Å². The number of nitrogens with one attached hydrogen (secondary N) is 2. The number of anilines is 1. The number of carbonyl (C=O) groups is 2. The van der Waals surface area contributed by atoms with Crippen LogP contribution in [0.2, 0.25) is 0 Å². The molecule has 90 valence electrons. The van der Waals surface area contributed by atoms with Crippen LogP contribution >= 0.6 is 0 Å². The first-order valence-electron chi connectivity index (χ1n) is 5.75. The van der Waals surface area contributed by atoms with E-state index in [2.05, 4.69) is 17.6 Å². The Balaban J connectivity index is 1.98. The number of carbonyl (C=O) groups excluding carboxylic acids is 2. The van der Waals surface area contributed by atoms with Crippen molar-refractivity contribution in [3.8, 4) is 0 Å². The van der Waals surface area contributed by atoms with Gasteiger partial charge in [0.25, 0.3) is 5.91 Å². The highest BCUT2D eigenvalue weighted by Crippen LogP contribution is 2.38. The van der Waals surface area contributed by atoms with Gasteiger partial charge in [-0.2, -0.15) is 0 Å². The standard InChI is InChI=1S/C13H16N2O2/c1-8-7-11(8)13(17)15-10-5-3-9(4-6-10)12(16)14-2/h3-6,8,11H,7H2,1-2H3,(H,14,16)(H,15,17)/t8-,11+/m0/s1. The molecule has 0 aliphatic heterocycles. The summed E-state index contributed by atoms with van der Waals surface area (Å²) >= 11 is 0. The fraction of sp³-hybridized carbons (Fsp3) is 0.385. The molecule has 0 spiro atoms. The van der Waals surface area contributed by atoms with Gasteiger partial charge in [-0.3, -0.25) is 9.59 Å². The average Bonchev–Trinajstić information content (AvgIpc) is 3.06. The van der Waals surface area contributed by atoms with Crippen molar-refractivity contribution >= 4 is 17.5 Å². The van der Waals surface area contributed by atoms with Crippen LogP contribution in [0.3, 0.4) is 0 Å². The molecule has 1 aliphatic rings. The Hall–Kier alpha value is -1.84. The molecule has 0 heterocycles. The maximum atomic E-state index is 11.7. The van der Waals surface area contributed by atoms with E-state index in [1.54, 1.807) is 31.3 Å². The van der Waals surface area contributed by atoms with Crippen LogP contribution in [0.5, 0.6) is 0 Å². The Labute approximate surface area is 100 Å². The summed E-state index contributed by atoms with van der Waals surface area (Å²) in [6.07, 6.45) is 0.974. The van der Waals surface area contributed by atoms with Gasteiger partial charge in [0, 0.05) is 24.2 Å². The molecular formula is C13H16N2O2. The fourth-order valence-corrected chi connectivity index (χ4v) is 1.77. The van der Waals surface area contributed by atoms with Gasteiger partial charge in [0.1, 0.15) is 0 Å². The predicted octanol–water partition coefficient (Wildman–Crippen LogP) is 1.64. The van der Waals surface area contributed by atoms with E-state index < -0.39 is 0 Å². The number of hydrogen-bond acceptors (Lipinski definition) is 2. The minimum absolute atomic E-state index is 0.0743. The summed E-state index contributed by atoms with van der Waals surface area (Å²) in [5.41, 5.74) is 1.33. The summed E-state index contributed by atoms with van der Waals surface area (Å²) < 4.78 is 0. The molecule has 2 rings (SSSR count). The molecule has 4 nitrogen and oxygen atoms in total. The summed E-state index contributed by atoms with van der Waals surface area (Å²) in [7, 11) is 1.59. The molecule has 0 saturated heterocycles. The van der Waals surface area contributed by atoms with Gasteiger partial charge >= 0.3 is 0 Å². The first kappa shape index (κ1) is 11.6. The van der Waals surface area contributed by atoms with Gasteiger partial charge in [0.05, 0.1) is 0 Å². The largest absolute Gasteiger partial charge is 0.355 e. The van der Waals surface area contributed by atoms with Crippen LogP contribution in [0.4, 0.5) is 5.69 Å². The lowest BCUT2D eigenvalue weighted by atomic mass is 10.2. The van der Waals surface area contributed by atoms with Crippen molar-refractivity contribution < 1.29 is 9.59 Å². The zero-order valence-electron chi connectivity index (χ0n) is 9.99. The number of amides is 2. The third kappa shape index (κ3) is 2.64. The summed E-state index contributed by atoms with van der Waals surface area (Å²) in [4.78, 5) is 23.0. The molecule has 2 N–H and O–H groups in total. The molecule has 1 aromatic rings. The van der Waals surface area contributed by atoms with Crippen LogP contribution in [-0.4, -0.2) is 18.9 Å². The summed E-state index contributed by atoms with van der Waals surface area (Å²) in [5, 5.41) is 5.40.